The molecule has 25 heavy (non-hydrogen) atoms. The Balaban J connectivity index is 1.53. The number of nitrogens with one attached hydrogen (secondary N) is 1. The average molecular weight is 334 g/mol. The van der Waals surface area contributed by atoms with E-state index in [0.717, 1.165) is 16.9 Å². The summed E-state index contributed by atoms with van der Waals surface area (Å²) in [5, 5.41) is 3.00. The molecule has 1 atom stereocenters. The van der Waals surface area contributed by atoms with Gasteiger partial charge in [0.25, 0.3) is 0 Å². The zero-order chi connectivity index (χ0) is 17.6. The Labute approximate surface area is 147 Å². The number of hydrogen-bond acceptors (Lipinski definition) is 3. The Bertz CT molecular complexity index is 823. The van der Waals surface area contributed by atoms with Crippen molar-refractivity contribution in [2.75, 3.05) is 0 Å². The van der Waals surface area contributed by atoms with Crippen LogP contribution in [0.3, 0.4) is 0 Å². The molecule has 0 spiro atoms. The standard InChI is InChI=1S/C21H22N2O2/c1-15-8-10-18(11-9-15)19-14-22-21(25-19)13-12-20(24)23-16(2)17-6-4-3-5-7-17/h3-11,14,16H,12-13H2,1-2H3,(H,23,24). The molecule has 0 saturated carbocycles. The van der Waals surface area contributed by atoms with Crippen LogP contribution in [0.15, 0.2) is 65.2 Å². The SMILES string of the molecule is Cc1ccc(-c2cnc(CCC(=O)NC(C)c3ccccc3)o2)cc1. The van der Waals surface area contributed by atoms with Crippen molar-refractivity contribution in [3.8, 4) is 11.3 Å². The van der Waals surface area contributed by atoms with Crippen LogP contribution in [0, 0.1) is 6.92 Å². The number of aryl methyl sites for hydroxylation is 2. The molecule has 1 unspecified atom stereocenters. The van der Waals surface area contributed by atoms with E-state index in [0.29, 0.717) is 18.7 Å². The monoisotopic (exact) mass is 334 g/mol. The molecule has 0 fully saturated rings. The summed E-state index contributed by atoms with van der Waals surface area (Å²) in [6.45, 7) is 4.03. The first-order valence-corrected chi connectivity index (χ1v) is 8.48. The number of carbonyl (C=O) groups excluding carboxylic acids is 1. The molecule has 1 heterocycles. The Morgan fingerprint density at radius 2 is 1.84 bits per heavy atom. The van der Waals surface area contributed by atoms with Crippen LogP contribution in [-0.4, -0.2) is 10.9 Å². The van der Waals surface area contributed by atoms with Crippen LogP contribution in [0.5, 0.6) is 0 Å². The van der Waals surface area contributed by atoms with Crippen molar-refractivity contribution in [1.82, 2.24) is 10.3 Å². The highest BCUT2D eigenvalue weighted by molar-refractivity contribution is 5.76. The van der Waals surface area contributed by atoms with E-state index in [1.807, 2.05) is 68.4 Å². The highest BCUT2D eigenvalue weighted by atomic mass is 16.4. The molecule has 0 aliphatic carbocycles. The first kappa shape index (κ1) is 17.0. The molecule has 0 bridgehead atoms. The van der Waals surface area contributed by atoms with Crippen LogP contribution in [0.2, 0.25) is 0 Å². The fourth-order valence-electron chi connectivity index (χ4n) is 2.64. The minimum atomic E-state index is -0.0126. The fraction of sp³-hybridized carbons (Fsp3) is 0.238. The van der Waals surface area contributed by atoms with Gasteiger partial charge >= 0.3 is 0 Å². The van der Waals surface area contributed by atoms with E-state index in [2.05, 4.69) is 10.3 Å². The molecule has 0 aliphatic rings. The maximum atomic E-state index is 12.1. The maximum Gasteiger partial charge on any atom is 0.220 e. The molecule has 4 heteroatoms. The van der Waals surface area contributed by atoms with Crippen LogP contribution in [0.4, 0.5) is 0 Å². The summed E-state index contributed by atoms with van der Waals surface area (Å²) in [4.78, 5) is 16.4. The molecule has 4 nitrogen and oxygen atoms in total. The third-order valence-corrected chi connectivity index (χ3v) is 4.13. The number of aromatic nitrogens is 1. The number of benzene rings is 2. The van der Waals surface area contributed by atoms with E-state index in [9.17, 15) is 4.79 Å². The minimum Gasteiger partial charge on any atom is -0.441 e. The molecule has 0 saturated heterocycles. The summed E-state index contributed by atoms with van der Waals surface area (Å²) in [5.41, 5.74) is 3.29. The van der Waals surface area contributed by atoms with Gasteiger partial charge in [0.2, 0.25) is 5.91 Å². The number of nitrogens with zero attached hydrogens (tertiary/aromatic N) is 1. The van der Waals surface area contributed by atoms with Gasteiger partial charge in [0.15, 0.2) is 11.7 Å². The van der Waals surface area contributed by atoms with Gasteiger partial charge in [-0.25, -0.2) is 4.98 Å². The fourth-order valence-corrected chi connectivity index (χ4v) is 2.64. The molecular formula is C21H22N2O2. The molecule has 128 valence electrons. The highest BCUT2D eigenvalue weighted by Gasteiger charge is 2.12. The number of hydrogen-bond donors (Lipinski definition) is 1. The van der Waals surface area contributed by atoms with E-state index < -0.39 is 0 Å². The summed E-state index contributed by atoms with van der Waals surface area (Å²) < 4.78 is 5.76. The minimum absolute atomic E-state index is 0.00793. The van der Waals surface area contributed by atoms with Gasteiger partial charge in [-0.05, 0) is 19.4 Å². The Morgan fingerprint density at radius 1 is 1.12 bits per heavy atom. The molecule has 0 aliphatic heterocycles. The third-order valence-electron chi connectivity index (χ3n) is 4.13. The van der Waals surface area contributed by atoms with Gasteiger partial charge in [-0.3, -0.25) is 4.79 Å². The van der Waals surface area contributed by atoms with E-state index in [4.69, 9.17) is 4.42 Å². The lowest BCUT2D eigenvalue weighted by atomic mass is 10.1. The van der Waals surface area contributed by atoms with E-state index in [1.54, 1.807) is 6.20 Å². The molecule has 1 N–H and O–H groups in total. The van der Waals surface area contributed by atoms with Crippen LogP contribution in [0.25, 0.3) is 11.3 Å². The summed E-state index contributed by atoms with van der Waals surface area (Å²) in [6, 6.07) is 18.0. The largest absolute Gasteiger partial charge is 0.441 e. The van der Waals surface area contributed by atoms with Gasteiger partial charge in [0, 0.05) is 18.4 Å². The molecule has 1 aromatic heterocycles. The van der Waals surface area contributed by atoms with Gasteiger partial charge in [-0.2, -0.15) is 0 Å². The van der Waals surface area contributed by atoms with Crippen molar-refractivity contribution in [3.63, 3.8) is 0 Å². The maximum absolute atomic E-state index is 12.1. The zero-order valence-corrected chi connectivity index (χ0v) is 14.5. The first-order valence-electron chi connectivity index (χ1n) is 8.48. The lowest BCUT2D eigenvalue weighted by molar-refractivity contribution is -0.121. The van der Waals surface area contributed by atoms with Gasteiger partial charge in [-0.15, -0.1) is 0 Å². The van der Waals surface area contributed by atoms with Gasteiger partial charge in [0.05, 0.1) is 12.2 Å². The number of amides is 1. The second-order valence-corrected chi connectivity index (χ2v) is 6.18. The third kappa shape index (κ3) is 4.57. The first-order chi connectivity index (χ1) is 12.1. The van der Waals surface area contributed by atoms with Crippen molar-refractivity contribution in [1.29, 1.82) is 0 Å². The quantitative estimate of drug-likeness (QED) is 0.724. The van der Waals surface area contributed by atoms with Crippen LogP contribution >= 0.6 is 0 Å². The summed E-state index contributed by atoms with van der Waals surface area (Å²) in [5.74, 6) is 1.30. The van der Waals surface area contributed by atoms with Crippen LogP contribution in [-0.2, 0) is 11.2 Å². The Morgan fingerprint density at radius 3 is 2.56 bits per heavy atom. The predicted molar refractivity (Wildman–Crippen MR) is 98.0 cm³/mol. The Kier molecular flexibility index (Phi) is 5.29. The van der Waals surface area contributed by atoms with Gasteiger partial charge in [0.1, 0.15) is 0 Å². The second kappa shape index (κ2) is 7.79. The predicted octanol–water partition coefficient (Wildman–Crippen LogP) is 4.46. The van der Waals surface area contributed by atoms with Crippen LogP contribution in [0.1, 0.15) is 36.4 Å². The topological polar surface area (TPSA) is 55.1 Å². The molecular weight excluding hydrogens is 312 g/mol. The Hall–Kier alpha value is -2.88. The molecule has 2 aromatic carbocycles. The van der Waals surface area contributed by atoms with Crippen molar-refractivity contribution in [2.45, 2.75) is 32.7 Å². The summed E-state index contributed by atoms with van der Waals surface area (Å²) >= 11 is 0. The lowest BCUT2D eigenvalue weighted by Crippen LogP contribution is -2.26. The molecule has 0 radical (unpaired) electrons. The van der Waals surface area contributed by atoms with E-state index in [-0.39, 0.29) is 11.9 Å². The second-order valence-electron chi connectivity index (χ2n) is 6.18. The van der Waals surface area contributed by atoms with Gasteiger partial charge < -0.3 is 9.73 Å². The summed E-state index contributed by atoms with van der Waals surface area (Å²) in [7, 11) is 0. The van der Waals surface area contributed by atoms with Gasteiger partial charge in [-0.1, -0.05) is 60.2 Å². The smallest absolute Gasteiger partial charge is 0.220 e. The lowest BCUT2D eigenvalue weighted by Gasteiger charge is -2.13. The zero-order valence-electron chi connectivity index (χ0n) is 14.5. The van der Waals surface area contributed by atoms with E-state index in [1.165, 1.54) is 5.56 Å². The van der Waals surface area contributed by atoms with Crippen molar-refractivity contribution < 1.29 is 9.21 Å². The normalized spacial score (nSPS) is 11.9. The molecule has 3 aromatic rings. The summed E-state index contributed by atoms with van der Waals surface area (Å²) in [6.07, 6.45) is 2.55. The van der Waals surface area contributed by atoms with Crippen molar-refractivity contribution >= 4 is 5.91 Å². The highest BCUT2D eigenvalue weighted by Crippen LogP contribution is 2.21. The number of oxazole rings is 1. The molecule has 3 rings (SSSR count). The molecule has 1 amide bonds. The van der Waals surface area contributed by atoms with E-state index >= 15 is 0 Å². The number of rotatable bonds is 6. The number of carbonyl (C=O) groups is 1. The van der Waals surface area contributed by atoms with Crippen molar-refractivity contribution in [2.24, 2.45) is 0 Å². The van der Waals surface area contributed by atoms with Crippen LogP contribution < -0.4 is 5.32 Å². The van der Waals surface area contributed by atoms with Crippen molar-refractivity contribution in [3.05, 3.63) is 77.8 Å². The average Bonchev–Trinajstić information content (AvgIpc) is 3.10.